The lowest BCUT2D eigenvalue weighted by Gasteiger charge is -2.18. The zero-order valence-electron chi connectivity index (χ0n) is 6.39. The fourth-order valence-electron chi connectivity index (χ4n) is 1.09. The minimum absolute atomic E-state index is 0. The summed E-state index contributed by atoms with van der Waals surface area (Å²) < 4.78 is 0. The normalized spacial score (nSPS) is 27.8. The van der Waals surface area contributed by atoms with Gasteiger partial charge in [0.2, 0.25) is 5.91 Å². The predicted molar refractivity (Wildman–Crippen MR) is 35.9 cm³/mol. The van der Waals surface area contributed by atoms with Crippen molar-refractivity contribution in [2.24, 2.45) is 11.7 Å². The molecule has 1 aliphatic heterocycles. The molecule has 3 N–H and O–H groups in total. The molecule has 1 atom stereocenters. The maximum atomic E-state index is 10.5. The Balaban J connectivity index is 0.000000810. The lowest BCUT2D eigenvalue weighted by Crippen LogP contribution is -2.37. The van der Waals surface area contributed by atoms with Crippen LogP contribution in [0.25, 0.3) is 0 Å². The van der Waals surface area contributed by atoms with Crippen LogP contribution < -0.4 is 11.1 Å². The van der Waals surface area contributed by atoms with Gasteiger partial charge in [-0.1, -0.05) is 0 Å². The Bertz CT molecular complexity index is 112. The molecule has 3 nitrogen and oxygen atoms in total. The van der Waals surface area contributed by atoms with E-state index in [9.17, 15) is 4.79 Å². The van der Waals surface area contributed by atoms with Crippen molar-refractivity contribution in [1.82, 2.24) is 5.32 Å². The van der Waals surface area contributed by atoms with Crippen molar-refractivity contribution in [1.29, 1.82) is 0 Å². The molecule has 0 bridgehead atoms. The zero-order chi connectivity index (χ0) is 6.69. The van der Waals surface area contributed by atoms with Crippen LogP contribution >= 0.6 is 0 Å². The molecular weight excluding hydrogens is 116 g/mol. The number of piperidine rings is 1. The topological polar surface area (TPSA) is 55.1 Å². The predicted octanol–water partition coefficient (Wildman–Crippen LogP) is -0.416. The van der Waals surface area contributed by atoms with Gasteiger partial charge in [0.1, 0.15) is 0 Å². The van der Waals surface area contributed by atoms with Gasteiger partial charge < -0.3 is 11.1 Å². The molecule has 1 amide bonds. The van der Waals surface area contributed by atoms with Crippen molar-refractivity contribution in [3.8, 4) is 0 Å². The molecule has 0 radical (unpaired) electrons. The quantitative estimate of drug-likeness (QED) is 0.505. The Morgan fingerprint density at radius 3 is 2.89 bits per heavy atom. The van der Waals surface area contributed by atoms with Crippen molar-refractivity contribution >= 4 is 5.91 Å². The van der Waals surface area contributed by atoms with Crippen LogP contribution in [0.4, 0.5) is 0 Å². The summed E-state index contributed by atoms with van der Waals surface area (Å²) in [6.07, 6.45) is 2.04. The van der Waals surface area contributed by atoms with Gasteiger partial charge >= 0.3 is 1.43 Å². The Hall–Kier alpha value is -0.570. The number of carbonyl (C=O) groups is 1. The molecule has 9 heavy (non-hydrogen) atoms. The van der Waals surface area contributed by atoms with Crippen molar-refractivity contribution in [3.05, 3.63) is 0 Å². The molecule has 0 aromatic heterocycles. The highest BCUT2D eigenvalue weighted by Gasteiger charge is 2.17. The average molecular weight is 129 g/mol. The number of primary amides is 1. The summed E-state index contributed by atoms with van der Waals surface area (Å²) in [7, 11) is 0. The Labute approximate surface area is 56.1 Å². The molecule has 1 aliphatic rings. The monoisotopic (exact) mass is 129 g/mol. The van der Waals surface area contributed by atoms with E-state index in [1.165, 1.54) is 0 Å². The first kappa shape index (κ1) is 6.55. The second-order valence-corrected chi connectivity index (χ2v) is 2.45. The minimum Gasteiger partial charge on any atom is -0.369 e. The average Bonchev–Trinajstić information content (AvgIpc) is 1.90. The molecule has 0 aliphatic carbocycles. The van der Waals surface area contributed by atoms with Crippen LogP contribution in [-0.4, -0.2) is 19.0 Å². The first-order valence-corrected chi connectivity index (χ1v) is 3.31. The fourth-order valence-corrected chi connectivity index (χ4v) is 1.09. The molecule has 0 saturated carbocycles. The Morgan fingerprint density at radius 1 is 1.78 bits per heavy atom. The molecule has 0 aromatic carbocycles. The zero-order valence-corrected chi connectivity index (χ0v) is 5.39. The first-order valence-electron chi connectivity index (χ1n) is 3.31. The second kappa shape index (κ2) is 2.82. The summed E-state index contributed by atoms with van der Waals surface area (Å²) >= 11 is 0. The number of rotatable bonds is 1. The lowest BCUT2D eigenvalue weighted by molar-refractivity contribution is -0.122. The van der Waals surface area contributed by atoms with E-state index in [4.69, 9.17) is 5.73 Å². The highest BCUT2D eigenvalue weighted by Crippen LogP contribution is 2.07. The van der Waals surface area contributed by atoms with Crippen molar-refractivity contribution in [3.63, 3.8) is 0 Å². The van der Waals surface area contributed by atoms with Gasteiger partial charge in [-0.05, 0) is 19.4 Å². The molecule has 52 valence electrons. The number of hydrogen-bond donors (Lipinski definition) is 2. The van der Waals surface area contributed by atoms with Gasteiger partial charge in [-0.15, -0.1) is 0 Å². The second-order valence-electron chi connectivity index (χ2n) is 2.45. The number of nitrogens with two attached hydrogens (primary N) is 1. The summed E-state index contributed by atoms with van der Waals surface area (Å²) in [5.74, 6) is -0.0825. The molecule has 0 aromatic rings. The molecule has 1 heterocycles. The van der Waals surface area contributed by atoms with E-state index >= 15 is 0 Å². The third kappa shape index (κ3) is 1.68. The van der Waals surface area contributed by atoms with Gasteiger partial charge in [-0.25, -0.2) is 0 Å². The molecule has 3 heteroatoms. The van der Waals surface area contributed by atoms with Crippen LogP contribution in [0.5, 0.6) is 0 Å². The van der Waals surface area contributed by atoms with Crippen molar-refractivity contribution in [2.75, 3.05) is 13.1 Å². The van der Waals surface area contributed by atoms with Gasteiger partial charge in [0.25, 0.3) is 0 Å². The van der Waals surface area contributed by atoms with E-state index in [2.05, 4.69) is 5.32 Å². The maximum Gasteiger partial charge on any atom is 1.00 e. The number of hydrogen-bond acceptors (Lipinski definition) is 2. The Kier molecular flexibility index (Phi) is 2.05. The van der Waals surface area contributed by atoms with Gasteiger partial charge in [-0.2, -0.15) is 0 Å². The van der Waals surface area contributed by atoms with Crippen LogP contribution in [0.2, 0.25) is 0 Å². The summed E-state index contributed by atoms with van der Waals surface area (Å²) in [6.45, 7) is 1.80. The smallest absolute Gasteiger partial charge is 0.369 e. The van der Waals surface area contributed by atoms with E-state index in [1.54, 1.807) is 0 Å². The van der Waals surface area contributed by atoms with Crippen LogP contribution in [0.1, 0.15) is 14.3 Å². The van der Waals surface area contributed by atoms with Crippen molar-refractivity contribution in [2.45, 2.75) is 12.8 Å². The third-order valence-electron chi connectivity index (χ3n) is 1.70. The molecule has 1 saturated heterocycles. The van der Waals surface area contributed by atoms with Gasteiger partial charge in [0.15, 0.2) is 0 Å². The van der Waals surface area contributed by atoms with Gasteiger partial charge in [0, 0.05) is 6.54 Å². The number of amides is 1. The molecule has 1 unspecified atom stereocenters. The van der Waals surface area contributed by atoms with E-state index in [0.29, 0.717) is 0 Å². The first-order chi connectivity index (χ1) is 4.30. The number of nitrogens with one attached hydrogen (secondary N) is 1. The highest BCUT2D eigenvalue weighted by molar-refractivity contribution is 5.76. The largest absolute Gasteiger partial charge is 1.00 e. The Morgan fingerprint density at radius 2 is 2.56 bits per heavy atom. The summed E-state index contributed by atoms with van der Waals surface area (Å²) in [5, 5.41) is 3.12. The van der Waals surface area contributed by atoms with E-state index < -0.39 is 0 Å². The van der Waals surface area contributed by atoms with E-state index in [-0.39, 0.29) is 13.3 Å². The molecule has 1 fully saturated rings. The van der Waals surface area contributed by atoms with Crippen LogP contribution in [0.15, 0.2) is 0 Å². The third-order valence-corrected chi connectivity index (χ3v) is 1.70. The molecular formula is C6H13N2O+. The maximum absolute atomic E-state index is 10.5. The van der Waals surface area contributed by atoms with Gasteiger partial charge in [0.05, 0.1) is 5.92 Å². The standard InChI is InChI=1S/C6H12N2O/c7-6(9)5-2-1-3-8-4-5/h5,8H,1-4H2,(H2,7,9)/p+1. The highest BCUT2D eigenvalue weighted by atomic mass is 16.1. The van der Waals surface area contributed by atoms with Gasteiger partial charge in [-0.3, -0.25) is 4.79 Å². The van der Waals surface area contributed by atoms with E-state index in [1.807, 2.05) is 0 Å². The molecule has 1 rings (SSSR count). The minimum atomic E-state index is -0.165. The van der Waals surface area contributed by atoms with Crippen LogP contribution in [0, 0.1) is 5.92 Å². The van der Waals surface area contributed by atoms with Crippen LogP contribution in [-0.2, 0) is 4.79 Å². The summed E-state index contributed by atoms with van der Waals surface area (Å²) in [5.41, 5.74) is 5.09. The van der Waals surface area contributed by atoms with E-state index in [0.717, 1.165) is 25.9 Å². The summed E-state index contributed by atoms with van der Waals surface area (Å²) in [6, 6.07) is 0. The number of carbonyl (C=O) groups excluding carboxylic acids is 1. The summed E-state index contributed by atoms with van der Waals surface area (Å²) in [4.78, 5) is 10.5. The molecule has 0 spiro atoms. The SMILES string of the molecule is NC(=O)C1CCCNC1.[H+]. The van der Waals surface area contributed by atoms with Crippen molar-refractivity contribution < 1.29 is 6.22 Å². The fraction of sp³-hybridized carbons (Fsp3) is 0.833. The lowest BCUT2D eigenvalue weighted by atomic mass is 9.99. The van der Waals surface area contributed by atoms with Crippen LogP contribution in [0.3, 0.4) is 0 Å².